The molecule has 0 aliphatic carbocycles. The highest BCUT2D eigenvalue weighted by molar-refractivity contribution is 5.81. The topological polar surface area (TPSA) is 115 Å². The standard InChI is InChI=1S/C9H12O6/c1-6(10)9(15,4-2-7(11)12)5-3-8(13)14/h2-6,10,15H,1H3,(H,11,12)(H,13,14)/b4-2+,5-3+. The summed E-state index contributed by atoms with van der Waals surface area (Å²) < 4.78 is 0. The van der Waals surface area contributed by atoms with Crippen LogP contribution in [0.4, 0.5) is 0 Å². The van der Waals surface area contributed by atoms with E-state index in [4.69, 9.17) is 15.3 Å². The summed E-state index contributed by atoms with van der Waals surface area (Å²) in [5, 5.41) is 35.4. The van der Waals surface area contributed by atoms with Crippen LogP contribution in [0.25, 0.3) is 0 Å². The van der Waals surface area contributed by atoms with E-state index in [0.717, 1.165) is 12.2 Å². The Kier molecular flexibility index (Phi) is 4.69. The molecule has 1 unspecified atom stereocenters. The highest BCUT2D eigenvalue weighted by Gasteiger charge is 2.27. The van der Waals surface area contributed by atoms with Gasteiger partial charge in [-0.2, -0.15) is 0 Å². The van der Waals surface area contributed by atoms with E-state index >= 15 is 0 Å². The number of aliphatic hydroxyl groups is 2. The fourth-order valence-electron chi connectivity index (χ4n) is 0.744. The lowest BCUT2D eigenvalue weighted by molar-refractivity contribution is -0.132. The first-order valence-electron chi connectivity index (χ1n) is 4.02. The maximum absolute atomic E-state index is 10.2. The number of rotatable bonds is 5. The Bertz CT molecular complexity index is 278. The lowest BCUT2D eigenvalue weighted by Crippen LogP contribution is -2.36. The molecule has 15 heavy (non-hydrogen) atoms. The van der Waals surface area contributed by atoms with Crippen LogP contribution >= 0.6 is 0 Å². The molecule has 0 fully saturated rings. The van der Waals surface area contributed by atoms with Crippen molar-refractivity contribution >= 4 is 11.9 Å². The van der Waals surface area contributed by atoms with Gasteiger partial charge in [0, 0.05) is 12.2 Å². The van der Waals surface area contributed by atoms with Crippen LogP contribution in [-0.4, -0.2) is 44.1 Å². The van der Waals surface area contributed by atoms with Gasteiger partial charge in [0.1, 0.15) is 5.60 Å². The van der Waals surface area contributed by atoms with Crippen LogP contribution in [0, 0.1) is 0 Å². The SMILES string of the molecule is CC(O)C(O)(/C=C/C(=O)O)/C=C/C(=O)O. The minimum Gasteiger partial charge on any atom is -0.478 e. The number of aliphatic carboxylic acids is 2. The van der Waals surface area contributed by atoms with E-state index in [2.05, 4.69) is 0 Å². The van der Waals surface area contributed by atoms with Gasteiger partial charge in [0.05, 0.1) is 6.10 Å². The van der Waals surface area contributed by atoms with Crippen LogP contribution < -0.4 is 0 Å². The second-order valence-corrected chi connectivity index (χ2v) is 2.91. The number of hydrogen-bond acceptors (Lipinski definition) is 4. The predicted molar refractivity (Wildman–Crippen MR) is 50.2 cm³/mol. The molecule has 0 rings (SSSR count). The van der Waals surface area contributed by atoms with Gasteiger partial charge in [-0.3, -0.25) is 0 Å². The Hall–Kier alpha value is -1.66. The van der Waals surface area contributed by atoms with Crippen molar-refractivity contribution in [1.29, 1.82) is 0 Å². The van der Waals surface area contributed by atoms with E-state index in [9.17, 15) is 14.7 Å². The molecule has 0 aromatic heterocycles. The first-order chi connectivity index (χ1) is 6.78. The lowest BCUT2D eigenvalue weighted by Gasteiger charge is -2.23. The van der Waals surface area contributed by atoms with Gasteiger partial charge in [0.15, 0.2) is 0 Å². The van der Waals surface area contributed by atoms with Crippen LogP contribution in [0.5, 0.6) is 0 Å². The number of hydrogen-bond donors (Lipinski definition) is 4. The highest BCUT2D eigenvalue weighted by Crippen LogP contribution is 2.14. The summed E-state index contributed by atoms with van der Waals surface area (Å²) in [6.07, 6.45) is 1.53. The molecule has 6 nitrogen and oxygen atoms in total. The summed E-state index contributed by atoms with van der Waals surface area (Å²) in [4.78, 5) is 20.4. The van der Waals surface area contributed by atoms with Crippen molar-refractivity contribution in [3.63, 3.8) is 0 Å². The van der Waals surface area contributed by atoms with E-state index in [-0.39, 0.29) is 0 Å². The molecule has 0 heterocycles. The Morgan fingerprint density at radius 1 is 1.13 bits per heavy atom. The van der Waals surface area contributed by atoms with Crippen molar-refractivity contribution in [3.05, 3.63) is 24.3 Å². The van der Waals surface area contributed by atoms with Crippen LogP contribution in [-0.2, 0) is 9.59 Å². The van der Waals surface area contributed by atoms with Crippen molar-refractivity contribution in [3.8, 4) is 0 Å². The summed E-state index contributed by atoms with van der Waals surface area (Å²) >= 11 is 0. The number of carbonyl (C=O) groups is 2. The van der Waals surface area contributed by atoms with Gasteiger partial charge in [-0.05, 0) is 19.1 Å². The van der Waals surface area contributed by atoms with E-state index in [0.29, 0.717) is 12.2 Å². The molecule has 4 N–H and O–H groups in total. The van der Waals surface area contributed by atoms with Gasteiger partial charge >= 0.3 is 11.9 Å². The minimum absolute atomic E-state index is 0.624. The van der Waals surface area contributed by atoms with E-state index in [1.165, 1.54) is 6.92 Å². The van der Waals surface area contributed by atoms with Crippen LogP contribution in [0.2, 0.25) is 0 Å². The van der Waals surface area contributed by atoms with Crippen LogP contribution in [0.1, 0.15) is 6.92 Å². The normalized spacial score (nSPS) is 14.6. The van der Waals surface area contributed by atoms with Crippen LogP contribution in [0.3, 0.4) is 0 Å². The summed E-state index contributed by atoms with van der Waals surface area (Å²) in [7, 11) is 0. The molecule has 1 atom stereocenters. The van der Waals surface area contributed by atoms with E-state index < -0.39 is 23.6 Å². The van der Waals surface area contributed by atoms with Gasteiger partial charge in [-0.15, -0.1) is 0 Å². The monoisotopic (exact) mass is 216 g/mol. The molecule has 6 heteroatoms. The molecule has 0 spiro atoms. The third-order valence-corrected chi connectivity index (χ3v) is 1.66. The minimum atomic E-state index is -2.00. The van der Waals surface area contributed by atoms with Gasteiger partial charge in [0.25, 0.3) is 0 Å². The smallest absolute Gasteiger partial charge is 0.328 e. The number of carboxylic acids is 2. The summed E-state index contributed by atoms with van der Waals surface area (Å²) in [5.41, 5.74) is -2.00. The van der Waals surface area contributed by atoms with E-state index in [1.807, 2.05) is 0 Å². The molecule has 84 valence electrons. The highest BCUT2D eigenvalue weighted by atomic mass is 16.4. The predicted octanol–water partition coefficient (Wildman–Crippen LogP) is -0.620. The molecule has 0 aromatic rings. The van der Waals surface area contributed by atoms with Gasteiger partial charge < -0.3 is 20.4 Å². The molecule has 0 saturated carbocycles. The molecule has 0 aliphatic heterocycles. The maximum Gasteiger partial charge on any atom is 0.328 e. The molecule has 0 bridgehead atoms. The first-order valence-corrected chi connectivity index (χ1v) is 4.02. The Balaban J connectivity index is 4.90. The largest absolute Gasteiger partial charge is 0.478 e. The second-order valence-electron chi connectivity index (χ2n) is 2.91. The van der Waals surface area contributed by atoms with Crippen molar-refractivity contribution in [1.82, 2.24) is 0 Å². The van der Waals surface area contributed by atoms with Crippen LogP contribution in [0.15, 0.2) is 24.3 Å². The zero-order chi connectivity index (χ0) is 12.1. The molecular weight excluding hydrogens is 204 g/mol. The average Bonchev–Trinajstić information content (AvgIpc) is 2.11. The number of carboxylic acid groups (broad SMARTS) is 2. The Labute approximate surface area is 85.8 Å². The molecule has 0 radical (unpaired) electrons. The van der Waals surface area contributed by atoms with E-state index in [1.54, 1.807) is 0 Å². The molecular formula is C9H12O6. The van der Waals surface area contributed by atoms with Gasteiger partial charge in [0.2, 0.25) is 0 Å². The summed E-state index contributed by atoms with van der Waals surface area (Å²) in [6, 6.07) is 0. The third-order valence-electron chi connectivity index (χ3n) is 1.66. The van der Waals surface area contributed by atoms with Crippen molar-refractivity contribution in [2.45, 2.75) is 18.6 Å². The van der Waals surface area contributed by atoms with Crippen molar-refractivity contribution < 1.29 is 30.0 Å². The van der Waals surface area contributed by atoms with Gasteiger partial charge in [-0.25, -0.2) is 9.59 Å². The molecule has 0 aliphatic rings. The number of aliphatic hydroxyl groups excluding tert-OH is 1. The van der Waals surface area contributed by atoms with Crippen molar-refractivity contribution in [2.24, 2.45) is 0 Å². The molecule has 0 aromatic carbocycles. The van der Waals surface area contributed by atoms with Gasteiger partial charge in [-0.1, -0.05) is 0 Å². The molecule has 0 saturated heterocycles. The fourth-order valence-corrected chi connectivity index (χ4v) is 0.744. The lowest BCUT2D eigenvalue weighted by atomic mass is 9.96. The Morgan fingerprint density at radius 2 is 1.47 bits per heavy atom. The zero-order valence-corrected chi connectivity index (χ0v) is 7.99. The first kappa shape index (κ1) is 13.3. The summed E-state index contributed by atoms with van der Waals surface area (Å²) in [5.74, 6) is -2.62. The zero-order valence-electron chi connectivity index (χ0n) is 7.99. The molecule has 0 amide bonds. The van der Waals surface area contributed by atoms with Crippen molar-refractivity contribution in [2.75, 3.05) is 0 Å². The second kappa shape index (κ2) is 5.28. The summed E-state index contributed by atoms with van der Waals surface area (Å²) in [6.45, 7) is 1.21. The maximum atomic E-state index is 10.2. The Morgan fingerprint density at radius 3 is 1.67 bits per heavy atom. The quantitative estimate of drug-likeness (QED) is 0.455. The fraction of sp³-hybridized carbons (Fsp3) is 0.333. The third kappa shape index (κ3) is 4.94. The average molecular weight is 216 g/mol.